The van der Waals surface area contributed by atoms with Crippen LogP contribution in [0.5, 0.6) is 5.75 Å². The van der Waals surface area contributed by atoms with Gasteiger partial charge < -0.3 is 25.1 Å². The number of nitrogens with one attached hydrogen (secondary N) is 1. The molecule has 40 heavy (non-hydrogen) atoms. The number of amides is 1. The van der Waals surface area contributed by atoms with E-state index >= 15 is 0 Å². The summed E-state index contributed by atoms with van der Waals surface area (Å²) in [6.45, 7) is 6.36. The number of allylic oxidation sites excluding steroid dienone is 4. The van der Waals surface area contributed by atoms with Gasteiger partial charge >= 0.3 is 5.97 Å². The Bertz CT molecular complexity index is 1230. The molecule has 3 N–H and O–H groups in total. The normalized spacial score (nSPS) is 36.1. The SMILES string of the molecule is COC(=O)[C@H](Cc1ccc(O)cc1)NC(=O)CO/N=C1/C=C[C@@]2(C)C(=C1)CC[C@@H]1[C@H]2CC[C@@]2(C)[C@H]1CC[C@]2(C)O. The Kier molecular flexibility index (Phi) is 7.59. The number of ether oxygens (including phenoxy) is 1. The molecule has 3 saturated carbocycles. The third-order valence-corrected chi connectivity index (χ3v) is 10.7. The van der Waals surface area contributed by atoms with Crippen molar-refractivity contribution in [2.75, 3.05) is 13.7 Å². The number of oxime groups is 1. The number of phenolic OH excluding ortho intramolecular Hbond substituents is 1. The highest BCUT2D eigenvalue weighted by atomic mass is 16.6. The summed E-state index contributed by atoms with van der Waals surface area (Å²) in [7, 11) is 1.27. The summed E-state index contributed by atoms with van der Waals surface area (Å²) in [5.41, 5.74) is 2.20. The lowest BCUT2D eigenvalue weighted by Gasteiger charge is -2.58. The number of rotatable bonds is 7. The van der Waals surface area contributed by atoms with E-state index < -0.39 is 23.5 Å². The molecular formula is C32H42N2O6. The molecule has 5 rings (SSSR count). The van der Waals surface area contributed by atoms with Gasteiger partial charge in [-0.1, -0.05) is 42.8 Å². The van der Waals surface area contributed by atoms with Crippen LogP contribution in [0, 0.1) is 28.6 Å². The molecule has 1 aromatic rings. The lowest BCUT2D eigenvalue weighted by Crippen LogP contribution is -2.53. The van der Waals surface area contributed by atoms with Gasteiger partial charge in [0, 0.05) is 11.8 Å². The Balaban J connectivity index is 1.19. The Labute approximate surface area is 236 Å². The average molecular weight is 551 g/mol. The lowest BCUT2D eigenvalue weighted by molar-refractivity contribution is -0.145. The van der Waals surface area contributed by atoms with Gasteiger partial charge in [0.15, 0.2) is 6.61 Å². The predicted molar refractivity (Wildman–Crippen MR) is 151 cm³/mol. The molecule has 8 nitrogen and oxygen atoms in total. The number of benzene rings is 1. The summed E-state index contributed by atoms with van der Waals surface area (Å²) in [4.78, 5) is 30.2. The fourth-order valence-corrected chi connectivity index (χ4v) is 8.11. The molecule has 0 bridgehead atoms. The van der Waals surface area contributed by atoms with E-state index in [0.717, 1.165) is 44.1 Å². The first-order valence-corrected chi connectivity index (χ1v) is 14.4. The van der Waals surface area contributed by atoms with Crippen molar-refractivity contribution in [1.29, 1.82) is 0 Å². The van der Waals surface area contributed by atoms with E-state index in [-0.39, 0.29) is 29.6 Å². The summed E-state index contributed by atoms with van der Waals surface area (Å²) in [6.07, 6.45) is 12.9. The Morgan fingerprint density at radius 1 is 1.10 bits per heavy atom. The van der Waals surface area contributed by atoms with Crippen LogP contribution in [0.4, 0.5) is 0 Å². The fraction of sp³-hybridized carbons (Fsp3) is 0.594. The first kappa shape index (κ1) is 28.4. The van der Waals surface area contributed by atoms with Crippen LogP contribution < -0.4 is 5.32 Å². The maximum atomic E-state index is 12.6. The van der Waals surface area contributed by atoms with Crippen LogP contribution in [0.1, 0.15) is 64.9 Å². The number of nitrogens with zero attached hydrogens (tertiary/aromatic N) is 1. The van der Waals surface area contributed by atoms with Crippen LogP contribution in [-0.2, 0) is 25.6 Å². The number of carbonyl (C=O) groups excluding carboxylic acids is 2. The molecule has 4 aliphatic carbocycles. The molecular weight excluding hydrogens is 508 g/mol. The molecule has 3 fully saturated rings. The van der Waals surface area contributed by atoms with Crippen LogP contribution >= 0.6 is 0 Å². The van der Waals surface area contributed by atoms with Gasteiger partial charge in [0.1, 0.15) is 17.5 Å². The minimum absolute atomic E-state index is 0.00207. The van der Waals surface area contributed by atoms with Gasteiger partial charge in [-0.25, -0.2) is 4.79 Å². The molecule has 0 unspecified atom stereocenters. The molecule has 0 saturated heterocycles. The number of fused-ring (bicyclic) bond motifs is 5. The van der Waals surface area contributed by atoms with Crippen LogP contribution in [-0.4, -0.2) is 53.2 Å². The monoisotopic (exact) mass is 550 g/mol. The van der Waals surface area contributed by atoms with Crippen LogP contribution in [0.3, 0.4) is 0 Å². The summed E-state index contributed by atoms with van der Waals surface area (Å²) < 4.78 is 4.84. The van der Waals surface area contributed by atoms with Gasteiger partial charge in [0.05, 0.1) is 12.7 Å². The van der Waals surface area contributed by atoms with E-state index in [4.69, 9.17) is 9.57 Å². The number of aromatic hydroxyl groups is 1. The van der Waals surface area contributed by atoms with Crippen LogP contribution in [0.25, 0.3) is 0 Å². The molecule has 0 aromatic heterocycles. The van der Waals surface area contributed by atoms with Crippen molar-refractivity contribution < 1.29 is 29.4 Å². The van der Waals surface area contributed by atoms with Crippen molar-refractivity contribution in [3.63, 3.8) is 0 Å². The largest absolute Gasteiger partial charge is 0.508 e. The van der Waals surface area contributed by atoms with Crippen molar-refractivity contribution in [3.8, 4) is 5.75 Å². The van der Waals surface area contributed by atoms with Gasteiger partial charge in [-0.05, 0) is 98.5 Å². The summed E-state index contributed by atoms with van der Waals surface area (Å²) in [5, 5.41) is 27.5. The van der Waals surface area contributed by atoms with Gasteiger partial charge in [0.25, 0.3) is 5.91 Å². The second-order valence-corrected chi connectivity index (χ2v) is 12.8. The van der Waals surface area contributed by atoms with E-state index in [1.807, 2.05) is 13.0 Å². The zero-order chi connectivity index (χ0) is 28.7. The molecule has 4 aliphatic rings. The van der Waals surface area contributed by atoms with Gasteiger partial charge in [-0.2, -0.15) is 0 Å². The van der Waals surface area contributed by atoms with Gasteiger partial charge in [-0.15, -0.1) is 0 Å². The Morgan fingerprint density at radius 2 is 1.82 bits per heavy atom. The molecule has 7 atom stereocenters. The van der Waals surface area contributed by atoms with Crippen LogP contribution in [0.15, 0.2) is 53.2 Å². The molecule has 8 heteroatoms. The second-order valence-electron chi connectivity index (χ2n) is 12.8. The number of carbonyl (C=O) groups is 2. The number of hydrogen-bond acceptors (Lipinski definition) is 7. The predicted octanol–water partition coefficient (Wildman–Crippen LogP) is 4.45. The summed E-state index contributed by atoms with van der Waals surface area (Å²) in [6, 6.07) is 5.55. The molecule has 0 spiro atoms. The molecule has 1 aromatic carbocycles. The lowest BCUT2D eigenvalue weighted by atomic mass is 9.47. The summed E-state index contributed by atoms with van der Waals surface area (Å²) in [5.74, 6) is 0.809. The van der Waals surface area contributed by atoms with E-state index in [1.54, 1.807) is 12.1 Å². The highest BCUT2D eigenvalue weighted by molar-refractivity contribution is 6.05. The second kappa shape index (κ2) is 10.7. The number of phenols is 1. The molecule has 0 heterocycles. The maximum Gasteiger partial charge on any atom is 0.328 e. The first-order chi connectivity index (χ1) is 19.0. The van der Waals surface area contributed by atoms with E-state index in [0.29, 0.717) is 23.5 Å². The number of aliphatic hydroxyl groups is 1. The summed E-state index contributed by atoms with van der Waals surface area (Å²) >= 11 is 0. The smallest absolute Gasteiger partial charge is 0.328 e. The van der Waals surface area contributed by atoms with Crippen molar-refractivity contribution in [1.82, 2.24) is 5.32 Å². The number of esters is 1. The van der Waals surface area contributed by atoms with Crippen LogP contribution in [0.2, 0.25) is 0 Å². The highest BCUT2D eigenvalue weighted by Gasteiger charge is 2.62. The molecule has 216 valence electrons. The minimum Gasteiger partial charge on any atom is -0.508 e. The average Bonchev–Trinajstić information content (AvgIpc) is 3.17. The maximum absolute atomic E-state index is 12.6. The first-order valence-electron chi connectivity index (χ1n) is 14.4. The van der Waals surface area contributed by atoms with Crippen molar-refractivity contribution >= 4 is 17.6 Å². The number of methoxy groups -OCH3 is 1. The van der Waals surface area contributed by atoms with E-state index in [1.165, 1.54) is 24.8 Å². The highest BCUT2D eigenvalue weighted by Crippen LogP contribution is 2.66. The van der Waals surface area contributed by atoms with Gasteiger partial charge in [-0.3, -0.25) is 4.79 Å². The Hall–Kier alpha value is -3.13. The molecule has 0 radical (unpaired) electrons. The molecule has 1 amide bonds. The van der Waals surface area contributed by atoms with Crippen molar-refractivity contribution in [2.24, 2.45) is 33.7 Å². The zero-order valence-corrected chi connectivity index (χ0v) is 24.0. The van der Waals surface area contributed by atoms with Crippen molar-refractivity contribution in [3.05, 3.63) is 53.6 Å². The van der Waals surface area contributed by atoms with Crippen molar-refractivity contribution in [2.45, 2.75) is 77.4 Å². The molecule has 0 aliphatic heterocycles. The quantitative estimate of drug-likeness (QED) is 0.341. The third kappa shape index (κ3) is 5.06. The Morgan fingerprint density at radius 3 is 2.55 bits per heavy atom. The number of hydrogen-bond donors (Lipinski definition) is 3. The topological polar surface area (TPSA) is 117 Å². The third-order valence-electron chi connectivity index (χ3n) is 10.7. The zero-order valence-electron chi connectivity index (χ0n) is 24.0. The standard InChI is InChI=1S/C32H42N2O6/c1-30-14-11-22(18-21(30)7-10-24-25(30)12-15-31(2)26(24)13-16-32(31,3)38)34-40-19-28(36)33-27(29(37)39-4)17-20-5-8-23(35)9-6-20/h5-6,8-9,11,14,18,24-27,35,38H,7,10,12-13,15-17,19H2,1-4H3,(H,33,36)/b34-22-/t24-,25-,26+,27+,30+,31+,32+/m1/s1. The van der Waals surface area contributed by atoms with E-state index in [2.05, 4.69) is 36.5 Å². The van der Waals surface area contributed by atoms with E-state index in [9.17, 15) is 19.8 Å². The minimum atomic E-state index is -0.883. The fourth-order valence-electron chi connectivity index (χ4n) is 8.11. The van der Waals surface area contributed by atoms with Gasteiger partial charge in [0.2, 0.25) is 0 Å².